The Morgan fingerprint density at radius 1 is 1.21 bits per heavy atom. The van der Waals surface area contributed by atoms with Crippen molar-refractivity contribution in [2.45, 2.75) is 40.2 Å². The SMILES string of the molecule is CCN(CC)c1ccc(/C=C2/SC(=O)N(CC(=O)OC(C)(C)C)C2=O)c(OC)c1. The van der Waals surface area contributed by atoms with Gasteiger partial charge in [0.25, 0.3) is 11.1 Å². The Labute approximate surface area is 176 Å². The van der Waals surface area contributed by atoms with E-state index in [1.165, 1.54) is 0 Å². The van der Waals surface area contributed by atoms with Crippen LogP contribution in [0.4, 0.5) is 10.5 Å². The number of hydrogen-bond donors (Lipinski definition) is 0. The smallest absolute Gasteiger partial charge is 0.326 e. The number of hydrogen-bond acceptors (Lipinski definition) is 7. The molecule has 0 unspecified atom stereocenters. The first-order valence-corrected chi connectivity index (χ1v) is 10.3. The first kappa shape index (κ1) is 22.8. The van der Waals surface area contributed by atoms with Gasteiger partial charge in [0.15, 0.2) is 0 Å². The van der Waals surface area contributed by atoms with Crippen molar-refractivity contribution in [1.29, 1.82) is 0 Å². The Hall–Kier alpha value is -2.48. The lowest BCUT2D eigenvalue weighted by Gasteiger charge is -2.22. The summed E-state index contributed by atoms with van der Waals surface area (Å²) in [4.78, 5) is 40.2. The number of methoxy groups -OCH3 is 1. The van der Waals surface area contributed by atoms with Gasteiger partial charge in [-0.3, -0.25) is 19.3 Å². The Kier molecular flexibility index (Phi) is 7.35. The average molecular weight is 421 g/mol. The van der Waals surface area contributed by atoms with Crippen molar-refractivity contribution in [3.05, 3.63) is 28.7 Å². The molecule has 2 rings (SSSR count). The number of carbonyl (C=O) groups is 3. The van der Waals surface area contributed by atoms with E-state index in [-0.39, 0.29) is 4.91 Å². The van der Waals surface area contributed by atoms with Gasteiger partial charge in [0.1, 0.15) is 17.9 Å². The average Bonchev–Trinajstić information content (AvgIpc) is 2.89. The van der Waals surface area contributed by atoms with E-state index < -0.39 is 29.3 Å². The van der Waals surface area contributed by atoms with Crippen LogP contribution in [-0.4, -0.2) is 54.4 Å². The monoisotopic (exact) mass is 420 g/mol. The number of carbonyl (C=O) groups excluding carboxylic acids is 3. The van der Waals surface area contributed by atoms with Gasteiger partial charge in [0.2, 0.25) is 0 Å². The maximum Gasteiger partial charge on any atom is 0.326 e. The zero-order chi connectivity index (χ0) is 21.8. The minimum atomic E-state index is -0.686. The molecule has 1 aromatic carbocycles. The van der Waals surface area contributed by atoms with Crippen LogP contribution in [0.2, 0.25) is 0 Å². The summed E-state index contributed by atoms with van der Waals surface area (Å²) in [5.74, 6) is -0.531. The summed E-state index contributed by atoms with van der Waals surface area (Å²) in [6.45, 7) is 10.7. The second kappa shape index (κ2) is 9.35. The van der Waals surface area contributed by atoms with Crippen LogP contribution >= 0.6 is 11.8 Å². The third-order valence-electron chi connectivity index (χ3n) is 4.21. The third kappa shape index (κ3) is 5.76. The topological polar surface area (TPSA) is 76.2 Å². The van der Waals surface area contributed by atoms with Crippen molar-refractivity contribution < 1.29 is 23.9 Å². The van der Waals surface area contributed by atoms with Gasteiger partial charge < -0.3 is 14.4 Å². The lowest BCUT2D eigenvalue weighted by Crippen LogP contribution is -2.37. The molecule has 1 saturated heterocycles. The van der Waals surface area contributed by atoms with Crippen LogP contribution in [-0.2, 0) is 14.3 Å². The second-order valence-electron chi connectivity index (χ2n) is 7.45. The molecule has 0 atom stereocenters. The minimum absolute atomic E-state index is 0.243. The van der Waals surface area contributed by atoms with Crippen molar-refractivity contribution in [2.75, 3.05) is 31.6 Å². The summed E-state index contributed by atoms with van der Waals surface area (Å²) in [5, 5.41) is -0.495. The molecule has 1 aromatic rings. The maximum atomic E-state index is 12.6. The molecule has 0 spiro atoms. The molecule has 0 aromatic heterocycles. The Morgan fingerprint density at radius 2 is 1.86 bits per heavy atom. The molecule has 0 N–H and O–H groups in total. The first-order chi connectivity index (χ1) is 13.6. The van der Waals surface area contributed by atoms with Gasteiger partial charge in [-0.15, -0.1) is 0 Å². The van der Waals surface area contributed by atoms with Gasteiger partial charge in [-0.1, -0.05) is 0 Å². The summed E-state index contributed by atoms with van der Waals surface area (Å²) in [6, 6.07) is 5.71. The highest BCUT2D eigenvalue weighted by molar-refractivity contribution is 8.18. The van der Waals surface area contributed by atoms with Crippen LogP contribution in [0.25, 0.3) is 6.08 Å². The summed E-state index contributed by atoms with van der Waals surface area (Å²) >= 11 is 0.800. The molecule has 0 radical (unpaired) electrons. The van der Waals surface area contributed by atoms with Crippen molar-refractivity contribution >= 4 is 40.6 Å². The minimum Gasteiger partial charge on any atom is -0.496 e. The van der Waals surface area contributed by atoms with E-state index in [1.807, 2.05) is 18.2 Å². The summed E-state index contributed by atoms with van der Waals surface area (Å²) < 4.78 is 10.7. The molecule has 158 valence electrons. The third-order valence-corrected chi connectivity index (χ3v) is 5.12. The van der Waals surface area contributed by atoms with Gasteiger partial charge in [-0.25, -0.2) is 0 Å². The quantitative estimate of drug-likeness (QED) is 0.489. The van der Waals surface area contributed by atoms with Crippen LogP contribution < -0.4 is 9.64 Å². The first-order valence-electron chi connectivity index (χ1n) is 9.49. The highest BCUT2D eigenvalue weighted by atomic mass is 32.2. The molecular weight excluding hydrogens is 392 g/mol. The number of anilines is 1. The Bertz CT molecular complexity index is 825. The number of thioether (sulfide) groups is 1. The number of amides is 2. The van der Waals surface area contributed by atoms with Crippen molar-refractivity contribution in [1.82, 2.24) is 4.90 Å². The lowest BCUT2D eigenvalue weighted by atomic mass is 10.1. The molecule has 2 amide bonds. The molecule has 7 nitrogen and oxygen atoms in total. The fraction of sp³-hybridized carbons (Fsp3) is 0.476. The van der Waals surface area contributed by atoms with E-state index in [0.717, 1.165) is 35.4 Å². The zero-order valence-electron chi connectivity index (χ0n) is 17.8. The standard InChI is InChI=1S/C21H28N2O5S/c1-7-22(8-2)15-10-9-14(16(12-15)27-6)11-17-19(25)23(20(26)29-17)13-18(24)28-21(3,4)5/h9-12H,7-8,13H2,1-6H3/b17-11+. The highest BCUT2D eigenvalue weighted by Gasteiger charge is 2.37. The normalized spacial score (nSPS) is 15.8. The molecule has 29 heavy (non-hydrogen) atoms. The zero-order valence-corrected chi connectivity index (χ0v) is 18.6. The maximum absolute atomic E-state index is 12.6. The van der Waals surface area contributed by atoms with Crippen molar-refractivity contribution in [2.24, 2.45) is 0 Å². The van der Waals surface area contributed by atoms with Gasteiger partial charge in [0.05, 0.1) is 12.0 Å². The van der Waals surface area contributed by atoms with Crippen LogP contribution in [0.3, 0.4) is 0 Å². The largest absolute Gasteiger partial charge is 0.496 e. The molecule has 0 saturated carbocycles. The fourth-order valence-electron chi connectivity index (χ4n) is 2.88. The predicted molar refractivity (Wildman–Crippen MR) is 115 cm³/mol. The molecule has 0 bridgehead atoms. The Morgan fingerprint density at radius 3 is 2.41 bits per heavy atom. The van der Waals surface area contributed by atoms with Gasteiger partial charge >= 0.3 is 5.97 Å². The van der Waals surface area contributed by atoms with Crippen molar-refractivity contribution in [3.63, 3.8) is 0 Å². The molecule has 0 aliphatic carbocycles. The Balaban J connectivity index is 2.23. The number of nitrogens with zero attached hydrogens (tertiary/aromatic N) is 2. The number of esters is 1. The van der Waals surface area contributed by atoms with Crippen LogP contribution in [0.15, 0.2) is 23.1 Å². The summed E-state index contributed by atoms with van der Waals surface area (Å²) in [6.07, 6.45) is 1.62. The second-order valence-corrected chi connectivity index (χ2v) is 8.45. The molecule has 1 fully saturated rings. The molecule has 1 aliphatic heterocycles. The number of rotatable bonds is 7. The van der Waals surface area contributed by atoms with Crippen molar-refractivity contribution in [3.8, 4) is 5.75 Å². The lowest BCUT2D eigenvalue weighted by molar-refractivity contribution is -0.156. The van der Waals surface area contributed by atoms with Crippen LogP contribution in [0.1, 0.15) is 40.2 Å². The van der Waals surface area contributed by atoms with E-state index in [9.17, 15) is 14.4 Å². The highest BCUT2D eigenvalue weighted by Crippen LogP contribution is 2.35. The fourth-order valence-corrected chi connectivity index (χ4v) is 3.71. The van der Waals surface area contributed by atoms with Crippen LogP contribution in [0.5, 0.6) is 5.75 Å². The van der Waals surface area contributed by atoms with Gasteiger partial charge in [-0.2, -0.15) is 0 Å². The van der Waals surface area contributed by atoms with E-state index in [0.29, 0.717) is 11.3 Å². The number of benzene rings is 1. The van der Waals surface area contributed by atoms with E-state index in [4.69, 9.17) is 9.47 Å². The number of imide groups is 1. The summed E-state index contributed by atoms with van der Waals surface area (Å²) in [7, 11) is 1.56. The number of ether oxygens (including phenoxy) is 2. The molecular formula is C21H28N2O5S. The van der Waals surface area contributed by atoms with Gasteiger partial charge in [-0.05, 0) is 64.6 Å². The van der Waals surface area contributed by atoms with Gasteiger partial charge in [0, 0.05) is 30.4 Å². The van der Waals surface area contributed by atoms with E-state index in [2.05, 4.69) is 18.7 Å². The predicted octanol–water partition coefficient (Wildman–Crippen LogP) is 3.92. The molecule has 8 heteroatoms. The van der Waals surface area contributed by atoms with Crippen LogP contribution in [0, 0.1) is 0 Å². The van der Waals surface area contributed by atoms with E-state index in [1.54, 1.807) is 34.0 Å². The summed E-state index contributed by atoms with van der Waals surface area (Å²) in [5.41, 5.74) is 1.02. The molecule has 1 aliphatic rings. The van der Waals surface area contributed by atoms with E-state index >= 15 is 0 Å². The molecule has 1 heterocycles.